The minimum Gasteiger partial charge on any atom is -0.391 e. The number of anilines is 1. The molecule has 0 amide bonds. The lowest BCUT2D eigenvalue weighted by atomic mass is 10.3. The highest BCUT2D eigenvalue weighted by Gasteiger charge is 2.07. The molecule has 0 aromatic carbocycles. The van der Waals surface area contributed by atoms with Gasteiger partial charge in [0.05, 0.1) is 6.10 Å². The number of rotatable bonds is 4. The third-order valence-corrected chi connectivity index (χ3v) is 2.70. The summed E-state index contributed by atoms with van der Waals surface area (Å²) in [5.74, 6) is 0.673. The number of fused-ring (bicyclic) bond motifs is 1. The summed E-state index contributed by atoms with van der Waals surface area (Å²) in [5, 5.41) is 12.6. The maximum atomic E-state index is 9.48. The molecule has 1 unspecified atom stereocenters. The normalized spacial score (nSPS) is 12.9. The molecule has 2 N–H and O–H groups in total. The van der Waals surface area contributed by atoms with E-state index in [-0.39, 0.29) is 6.10 Å². The molecule has 6 heteroatoms. The average molecular weight is 285 g/mol. The number of aliphatic hydroxyl groups is 1. The Hall–Kier alpha value is -1.14. The molecule has 2 rings (SSSR count). The van der Waals surface area contributed by atoms with Gasteiger partial charge in [-0.1, -0.05) is 6.92 Å². The van der Waals surface area contributed by atoms with Crippen LogP contribution in [-0.2, 0) is 0 Å². The first-order valence-corrected chi connectivity index (χ1v) is 5.91. The fraction of sp³-hybridized carbons (Fsp3) is 0.400. The Bertz CT molecular complexity index is 485. The van der Waals surface area contributed by atoms with Crippen molar-refractivity contribution in [3.8, 4) is 0 Å². The van der Waals surface area contributed by atoms with Gasteiger partial charge in [0.1, 0.15) is 4.60 Å². The zero-order valence-electron chi connectivity index (χ0n) is 8.89. The molecule has 16 heavy (non-hydrogen) atoms. The van der Waals surface area contributed by atoms with Crippen LogP contribution in [0.5, 0.6) is 0 Å². The molecule has 0 spiro atoms. The van der Waals surface area contributed by atoms with Crippen LogP contribution in [0.1, 0.15) is 13.3 Å². The van der Waals surface area contributed by atoms with E-state index >= 15 is 0 Å². The predicted molar refractivity (Wildman–Crippen MR) is 65.5 cm³/mol. The van der Waals surface area contributed by atoms with Gasteiger partial charge in [0.15, 0.2) is 11.5 Å². The SMILES string of the molecule is CCC(O)CNc1nc(Br)cn2ccnc12. The van der Waals surface area contributed by atoms with Crippen LogP contribution in [0.15, 0.2) is 23.2 Å². The summed E-state index contributed by atoms with van der Waals surface area (Å²) in [6.07, 6.45) is 5.75. The van der Waals surface area contributed by atoms with E-state index in [0.717, 1.165) is 10.3 Å². The monoisotopic (exact) mass is 284 g/mol. The molecule has 0 aliphatic heterocycles. The van der Waals surface area contributed by atoms with E-state index in [1.807, 2.05) is 23.7 Å². The van der Waals surface area contributed by atoms with E-state index in [4.69, 9.17) is 0 Å². The Morgan fingerprint density at radius 2 is 2.44 bits per heavy atom. The van der Waals surface area contributed by atoms with Crippen molar-refractivity contribution in [3.05, 3.63) is 23.2 Å². The van der Waals surface area contributed by atoms with E-state index < -0.39 is 0 Å². The van der Waals surface area contributed by atoms with Gasteiger partial charge in [0.2, 0.25) is 0 Å². The Morgan fingerprint density at radius 3 is 3.19 bits per heavy atom. The number of hydrogen-bond donors (Lipinski definition) is 2. The van der Waals surface area contributed by atoms with Crippen molar-refractivity contribution in [2.45, 2.75) is 19.4 Å². The summed E-state index contributed by atoms with van der Waals surface area (Å²) in [5.41, 5.74) is 0.756. The van der Waals surface area contributed by atoms with Crippen molar-refractivity contribution in [2.75, 3.05) is 11.9 Å². The van der Waals surface area contributed by atoms with Gasteiger partial charge in [-0.3, -0.25) is 0 Å². The van der Waals surface area contributed by atoms with Crippen LogP contribution in [0.2, 0.25) is 0 Å². The number of nitrogens with one attached hydrogen (secondary N) is 1. The zero-order chi connectivity index (χ0) is 11.5. The Morgan fingerprint density at radius 1 is 1.62 bits per heavy atom. The van der Waals surface area contributed by atoms with Gasteiger partial charge in [-0.25, -0.2) is 9.97 Å². The van der Waals surface area contributed by atoms with Crippen molar-refractivity contribution in [3.63, 3.8) is 0 Å². The lowest BCUT2D eigenvalue weighted by Crippen LogP contribution is -2.19. The Balaban J connectivity index is 2.25. The van der Waals surface area contributed by atoms with Gasteiger partial charge in [0.25, 0.3) is 0 Å². The zero-order valence-corrected chi connectivity index (χ0v) is 10.5. The van der Waals surface area contributed by atoms with Gasteiger partial charge >= 0.3 is 0 Å². The van der Waals surface area contributed by atoms with E-state index in [1.54, 1.807) is 6.20 Å². The first-order chi connectivity index (χ1) is 7.70. The molecule has 2 aromatic rings. The van der Waals surface area contributed by atoms with Gasteiger partial charge < -0.3 is 14.8 Å². The molecule has 2 heterocycles. The molecule has 0 aliphatic rings. The number of aliphatic hydroxyl groups excluding tert-OH is 1. The van der Waals surface area contributed by atoms with E-state index in [1.165, 1.54) is 0 Å². The summed E-state index contributed by atoms with van der Waals surface area (Å²) in [4.78, 5) is 8.49. The maximum Gasteiger partial charge on any atom is 0.180 e. The van der Waals surface area contributed by atoms with Crippen LogP contribution in [0.3, 0.4) is 0 Å². The number of hydrogen-bond acceptors (Lipinski definition) is 4. The fourth-order valence-corrected chi connectivity index (χ4v) is 1.78. The van der Waals surface area contributed by atoms with Crippen LogP contribution < -0.4 is 5.32 Å². The number of nitrogens with zero attached hydrogens (tertiary/aromatic N) is 3. The topological polar surface area (TPSA) is 62.5 Å². The molecule has 0 radical (unpaired) electrons. The molecule has 0 aliphatic carbocycles. The molecule has 0 saturated carbocycles. The van der Waals surface area contributed by atoms with Crippen molar-refractivity contribution >= 4 is 27.4 Å². The van der Waals surface area contributed by atoms with Crippen molar-refractivity contribution in [2.24, 2.45) is 0 Å². The van der Waals surface area contributed by atoms with Crippen molar-refractivity contribution < 1.29 is 5.11 Å². The smallest absolute Gasteiger partial charge is 0.180 e. The van der Waals surface area contributed by atoms with Gasteiger partial charge in [0, 0.05) is 25.1 Å². The Labute approximate surface area is 102 Å². The molecule has 0 saturated heterocycles. The van der Waals surface area contributed by atoms with Crippen molar-refractivity contribution in [1.82, 2.24) is 14.4 Å². The second kappa shape index (κ2) is 4.80. The summed E-state index contributed by atoms with van der Waals surface area (Å²) in [6.45, 7) is 2.41. The summed E-state index contributed by atoms with van der Waals surface area (Å²) >= 11 is 3.33. The lowest BCUT2D eigenvalue weighted by molar-refractivity contribution is 0.183. The highest BCUT2D eigenvalue weighted by molar-refractivity contribution is 9.10. The third kappa shape index (κ3) is 2.33. The third-order valence-electron chi connectivity index (χ3n) is 2.32. The number of aromatic nitrogens is 3. The minimum absolute atomic E-state index is 0.365. The molecular weight excluding hydrogens is 272 g/mol. The molecule has 86 valence electrons. The molecule has 0 fully saturated rings. The van der Waals surface area contributed by atoms with Crippen LogP contribution in [0.4, 0.5) is 5.82 Å². The average Bonchev–Trinajstić information content (AvgIpc) is 2.73. The Kier molecular flexibility index (Phi) is 3.40. The van der Waals surface area contributed by atoms with Crippen LogP contribution in [0.25, 0.3) is 5.65 Å². The molecule has 2 aromatic heterocycles. The van der Waals surface area contributed by atoms with Gasteiger partial charge in [-0.2, -0.15) is 0 Å². The van der Waals surface area contributed by atoms with Crippen molar-refractivity contribution in [1.29, 1.82) is 0 Å². The second-order valence-corrected chi connectivity index (χ2v) is 4.33. The first-order valence-electron chi connectivity index (χ1n) is 5.12. The quantitative estimate of drug-likeness (QED) is 0.897. The summed E-state index contributed by atoms with van der Waals surface area (Å²) in [7, 11) is 0. The van der Waals surface area contributed by atoms with E-state index in [0.29, 0.717) is 18.8 Å². The molecule has 1 atom stereocenters. The first kappa shape index (κ1) is 11.3. The highest BCUT2D eigenvalue weighted by atomic mass is 79.9. The maximum absolute atomic E-state index is 9.48. The van der Waals surface area contributed by atoms with E-state index in [2.05, 4.69) is 31.2 Å². The molecule has 5 nitrogen and oxygen atoms in total. The van der Waals surface area contributed by atoms with Crippen LogP contribution in [0, 0.1) is 0 Å². The standard InChI is InChI=1S/C10H13BrN4O/c1-2-7(16)5-13-9-10-12-3-4-15(10)6-8(11)14-9/h3-4,6-7,16H,2,5H2,1H3,(H,13,14). The second-order valence-electron chi connectivity index (χ2n) is 3.51. The highest BCUT2D eigenvalue weighted by Crippen LogP contribution is 2.16. The van der Waals surface area contributed by atoms with Crippen LogP contribution in [-0.4, -0.2) is 32.1 Å². The number of halogens is 1. The molecular formula is C10H13BrN4O. The molecule has 0 bridgehead atoms. The number of imidazole rings is 1. The van der Waals surface area contributed by atoms with Crippen LogP contribution >= 0.6 is 15.9 Å². The van der Waals surface area contributed by atoms with Gasteiger partial charge in [-0.15, -0.1) is 0 Å². The lowest BCUT2D eigenvalue weighted by Gasteiger charge is -2.10. The fourth-order valence-electron chi connectivity index (χ4n) is 1.38. The minimum atomic E-state index is -0.365. The summed E-state index contributed by atoms with van der Waals surface area (Å²) in [6, 6.07) is 0. The summed E-state index contributed by atoms with van der Waals surface area (Å²) < 4.78 is 2.60. The predicted octanol–water partition coefficient (Wildman–Crippen LogP) is 1.67. The largest absolute Gasteiger partial charge is 0.391 e. The van der Waals surface area contributed by atoms with E-state index in [9.17, 15) is 5.11 Å². The van der Waals surface area contributed by atoms with Gasteiger partial charge in [-0.05, 0) is 22.4 Å².